The second-order valence-corrected chi connectivity index (χ2v) is 7.90. The highest BCUT2D eigenvalue weighted by Crippen LogP contribution is 2.32. The summed E-state index contributed by atoms with van der Waals surface area (Å²) in [5.74, 6) is 1.32. The van der Waals surface area contributed by atoms with E-state index in [-0.39, 0.29) is 11.7 Å². The number of aromatic nitrogens is 2. The van der Waals surface area contributed by atoms with E-state index in [0.29, 0.717) is 28.8 Å². The molecule has 6 heteroatoms. The number of carbonyl (C=O) groups excluding carboxylic acids is 1. The van der Waals surface area contributed by atoms with Crippen LogP contribution in [0.4, 0.5) is 23.1 Å². The van der Waals surface area contributed by atoms with Crippen LogP contribution in [0.5, 0.6) is 0 Å². The first-order valence-corrected chi connectivity index (χ1v) is 10.2. The monoisotopic (exact) mass is 406 g/mol. The van der Waals surface area contributed by atoms with Crippen LogP contribution in [-0.4, -0.2) is 15.8 Å². The summed E-state index contributed by atoms with van der Waals surface area (Å²) in [6.07, 6.45) is 2.24. The molecular formula is C23H23ClN4O. The van der Waals surface area contributed by atoms with Crippen LogP contribution in [0.2, 0.25) is 5.02 Å². The molecule has 1 aliphatic carbocycles. The Morgan fingerprint density at radius 2 is 1.83 bits per heavy atom. The lowest BCUT2D eigenvalue weighted by Crippen LogP contribution is -2.22. The van der Waals surface area contributed by atoms with E-state index < -0.39 is 0 Å². The van der Waals surface area contributed by atoms with Crippen molar-refractivity contribution in [3.05, 3.63) is 70.4 Å². The first kappa shape index (κ1) is 19.4. The van der Waals surface area contributed by atoms with E-state index >= 15 is 0 Å². The number of fused-ring (bicyclic) bond motifs is 1. The standard InChI is InChI=1S/C23H23ClN4O/c1-3-15-7-9-17(10-8-15)26-23-27-19-11-14(2)12-20(29)21(19)22(28-23)25-18-6-4-5-16(24)13-18/h4-10,13-14H,3,11-12H2,1-2H3,(H2,25,26,27,28). The molecule has 0 saturated carbocycles. The molecule has 1 heterocycles. The van der Waals surface area contributed by atoms with Crippen LogP contribution in [0.1, 0.15) is 41.9 Å². The molecule has 0 radical (unpaired) electrons. The number of Topliss-reactive ketones (excluding diaryl/α,β-unsaturated/α-hetero) is 1. The molecule has 1 aliphatic rings. The van der Waals surface area contributed by atoms with Crippen molar-refractivity contribution in [3.63, 3.8) is 0 Å². The minimum atomic E-state index is 0.0714. The fourth-order valence-corrected chi connectivity index (χ4v) is 3.76. The van der Waals surface area contributed by atoms with Gasteiger partial charge in [0.15, 0.2) is 5.78 Å². The fraction of sp³-hybridized carbons (Fsp3) is 0.261. The zero-order chi connectivity index (χ0) is 20.4. The van der Waals surface area contributed by atoms with Crippen LogP contribution in [-0.2, 0) is 12.8 Å². The highest BCUT2D eigenvalue weighted by atomic mass is 35.5. The van der Waals surface area contributed by atoms with E-state index in [9.17, 15) is 4.79 Å². The Hall–Kier alpha value is -2.92. The van der Waals surface area contributed by atoms with E-state index in [1.807, 2.05) is 36.4 Å². The van der Waals surface area contributed by atoms with Gasteiger partial charge >= 0.3 is 0 Å². The second-order valence-electron chi connectivity index (χ2n) is 7.46. The molecule has 0 spiro atoms. The Kier molecular flexibility index (Phi) is 5.49. The van der Waals surface area contributed by atoms with Gasteiger partial charge in [-0.05, 0) is 54.7 Å². The molecule has 29 heavy (non-hydrogen) atoms. The van der Waals surface area contributed by atoms with Crippen molar-refractivity contribution in [2.75, 3.05) is 10.6 Å². The topological polar surface area (TPSA) is 66.9 Å². The van der Waals surface area contributed by atoms with E-state index in [0.717, 1.165) is 29.9 Å². The number of nitrogens with one attached hydrogen (secondary N) is 2. The number of halogens is 1. The highest BCUT2D eigenvalue weighted by Gasteiger charge is 2.28. The third-order valence-electron chi connectivity index (χ3n) is 5.04. The Bertz CT molecular complexity index is 1050. The predicted molar refractivity (Wildman–Crippen MR) is 118 cm³/mol. The average molecular weight is 407 g/mol. The molecule has 148 valence electrons. The number of hydrogen-bond acceptors (Lipinski definition) is 5. The average Bonchev–Trinajstić information content (AvgIpc) is 2.68. The lowest BCUT2D eigenvalue weighted by Gasteiger charge is -2.23. The quantitative estimate of drug-likeness (QED) is 0.548. The van der Waals surface area contributed by atoms with Gasteiger partial charge in [0.25, 0.3) is 0 Å². The summed E-state index contributed by atoms with van der Waals surface area (Å²) in [5.41, 5.74) is 4.31. The molecule has 0 fully saturated rings. The largest absolute Gasteiger partial charge is 0.339 e. The lowest BCUT2D eigenvalue weighted by atomic mass is 9.87. The maximum atomic E-state index is 12.7. The van der Waals surface area contributed by atoms with Crippen molar-refractivity contribution in [1.82, 2.24) is 9.97 Å². The first-order chi connectivity index (χ1) is 14.0. The molecule has 5 nitrogen and oxygen atoms in total. The Labute approximate surface area is 175 Å². The van der Waals surface area contributed by atoms with E-state index in [1.165, 1.54) is 5.56 Å². The van der Waals surface area contributed by atoms with Gasteiger partial charge in [-0.15, -0.1) is 0 Å². The summed E-state index contributed by atoms with van der Waals surface area (Å²) >= 11 is 6.11. The van der Waals surface area contributed by atoms with Crippen molar-refractivity contribution < 1.29 is 4.79 Å². The lowest BCUT2D eigenvalue weighted by molar-refractivity contribution is 0.0953. The summed E-state index contributed by atoms with van der Waals surface area (Å²) in [5, 5.41) is 7.16. The van der Waals surface area contributed by atoms with Crippen LogP contribution in [0.25, 0.3) is 0 Å². The van der Waals surface area contributed by atoms with Gasteiger partial charge in [-0.2, -0.15) is 4.98 Å². The fourth-order valence-electron chi connectivity index (χ4n) is 3.57. The van der Waals surface area contributed by atoms with Crippen LogP contribution in [0.3, 0.4) is 0 Å². The number of hydrogen-bond donors (Lipinski definition) is 2. The molecule has 1 atom stereocenters. The van der Waals surface area contributed by atoms with Crippen LogP contribution in [0.15, 0.2) is 48.5 Å². The van der Waals surface area contributed by atoms with Gasteiger partial charge in [0, 0.05) is 22.8 Å². The van der Waals surface area contributed by atoms with Gasteiger partial charge in [-0.25, -0.2) is 4.98 Å². The maximum Gasteiger partial charge on any atom is 0.229 e. The molecule has 0 saturated heterocycles. The third kappa shape index (κ3) is 4.40. The number of aryl methyl sites for hydroxylation is 1. The van der Waals surface area contributed by atoms with E-state index in [1.54, 1.807) is 0 Å². The predicted octanol–water partition coefficient (Wildman–Crippen LogP) is 5.94. The molecule has 2 N–H and O–H groups in total. The Balaban J connectivity index is 1.72. The molecule has 0 aliphatic heterocycles. The van der Waals surface area contributed by atoms with Gasteiger partial charge in [0.1, 0.15) is 5.82 Å². The van der Waals surface area contributed by atoms with Crippen molar-refractivity contribution >= 4 is 40.5 Å². The van der Waals surface area contributed by atoms with Gasteiger partial charge in [0.05, 0.1) is 11.3 Å². The smallest absolute Gasteiger partial charge is 0.229 e. The van der Waals surface area contributed by atoms with Gasteiger partial charge in [-0.3, -0.25) is 4.79 Å². The summed E-state index contributed by atoms with van der Waals surface area (Å²) in [6.45, 7) is 4.20. The minimum Gasteiger partial charge on any atom is -0.339 e. The number of ketones is 1. The summed E-state index contributed by atoms with van der Waals surface area (Å²) in [7, 11) is 0. The zero-order valence-electron chi connectivity index (χ0n) is 16.5. The van der Waals surface area contributed by atoms with Gasteiger partial charge < -0.3 is 10.6 Å². The van der Waals surface area contributed by atoms with Gasteiger partial charge in [0.2, 0.25) is 5.95 Å². The molecule has 3 aromatic rings. The minimum absolute atomic E-state index is 0.0714. The van der Waals surface area contributed by atoms with Crippen molar-refractivity contribution in [3.8, 4) is 0 Å². The summed E-state index contributed by atoms with van der Waals surface area (Å²) < 4.78 is 0. The molecule has 2 aromatic carbocycles. The van der Waals surface area contributed by atoms with Crippen LogP contribution >= 0.6 is 11.6 Å². The van der Waals surface area contributed by atoms with E-state index in [4.69, 9.17) is 11.6 Å². The Morgan fingerprint density at radius 3 is 2.55 bits per heavy atom. The highest BCUT2D eigenvalue weighted by molar-refractivity contribution is 6.30. The molecule has 0 bridgehead atoms. The molecular weight excluding hydrogens is 384 g/mol. The normalized spacial score (nSPS) is 15.7. The molecule has 1 aromatic heterocycles. The number of rotatable bonds is 5. The summed E-state index contributed by atoms with van der Waals surface area (Å²) in [4.78, 5) is 22.0. The number of nitrogens with zero attached hydrogens (tertiary/aromatic N) is 2. The van der Waals surface area contributed by atoms with E-state index in [2.05, 4.69) is 46.6 Å². The maximum absolute atomic E-state index is 12.7. The summed E-state index contributed by atoms with van der Waals surface area (Å²) in [6, 6.07) is 15.6. The van der Waals surface area contributed by atoms with Crippen molar-refractivity contribution in [2.45, 2.75) is 33.1 Å². The first-order valence-electron chi connectivity index (χ1n) is 9.84. The zero-order valence-corrected chi connectivity index (χ0v) is 17.3. The Morgan fingerprint density at radius 1 is 1.03 bits per heavy atom. The van der Waals surface area contributed by atoms with Crippen molar-refractivity contribution in [2.24, 2.45) is 5.92 Å². The molecule has 0 amide bonds. The second kappa shape index (κ2) is 8.21. The molecule has 4 rings (SSSR count). The van der Waals surface area contributed by atoms with Gasteiger partial charge in [-0.1, -0.05) is 43.6 Å². The third-order valence-corrected chi connectivity index (χ3v) is 5.28. The van der Waals surface area contributed by atoms with Crippen molar-refractivity contribution in [1.29, 1.82) is 0 Å². The molecule has 1 unspecified atom stereocenters. The number of anilines is 4. The SMILES string of the molecule is CCc1ccc(Nc2nc3c(c(Nc4cccc(Cl)c4)n2)C(=O)CC(C)C3)cc1. The van der Waals surface area contributed by atoms with Crippen LogP contribution in [0, 0.1) is 5.92 Å². The number of benzene rings is 2. The van der Waals surface area contributed by atoms with Crippen LogP contribution < -0.4 is 10.6 Å². The number of carbonyl (C=O) groups is 1.